The van der Waals surface area contributed by atoms with Crippen LogP contribution in [0.5, 0.6) is 0 Å². The number of nitriles is 2. The summed E-state index contributed by atoms with van der Waals surface area (Å²) < 4.78 is 0. The molecule has 0 aliphatic carbocycles. The molecule has 0 aliphatic rings. The maximum absolute atomic E-state index is 12.0. The van der Waals surface area contributed by atoms with E-state index in [9.17, 15) is 4.79 Å². The van der Waals surface area contributed by atoms with Crippen molar-refractivity contribution in [3.63, 3.8) is 0 Å². The zero-order chi connectivity index (χ0) is 14.3. The molecule has 5 nitrogen and oxygen atoms in total. The Balaban J connectivity index is 2.66. The van der Waals surface area contributed by atoms with E-state index in [0.29, 0.717) is 24.3 Å². The second-order valence-electron chi connectivity index (χ2n) is 4.19. The molecule has 0 aliphatic heterocycles. The van der Waals surface area contributed by atoms with Crippen molar-refractivity contribution < 1.29 is 4.79 Å². The second kappa shape index (κ2) is 7.03. The first kappa shape index (κ1) is 14.5. The summed E-state index contributed by atoms with van der Waals surface area (Å²) in [6.07, 6.45) is 0. The molecule has 98 valence electrons. The third-order valence-corrected chi connectivity index (χ3v) is 2.65. The molecular formula is C14H16N4O. The zero-order valence-electron chi connectivity index (χ0n) is 11.1. The first-order valence-corrected chi connectivity index (χ1v) is 6.06. The first-order valence-electron chi connectivity index (χ1n) is 6.06. The Kier molecular flexibility index (Phi) is 5.37. The van der Waals surface area contributed by atoms with Gasteiger partial charge in [0.05, 0.1) is 23.6 Å². The summed E-state index contributed by atoms with van der Waals surface area (Å²) >= 11 is 0. The molecule has 0 saturated carbocycles. The molecule has 1 N–H and O–H groups in total. The number of carbonyl (C=O) groups excluding carboxylic acids is 1. The summed E-state index contributed by atoms with van der Waals surface area (Å²) in [7, 11) is 0. The minimum atomic E-state index is -0.241. The number of carbonyl (C=O) groups is 1. The van der Waals surface area contributed by atoms with Crippen LogP contribution >= 0.6 is 0 Å². The molecule has 1 aromatic carbocycles. The van der Waals surface area contributed by atoms with Crippen LogP contribution in [0.1, 0.15) is 19.4 Å². The van der Waals surface area contributed by atoms with Gasteiger partial charge in [0.15, 0.2) is 0 Å². The van der Waals surface area contributed by atoms with Gasteiger partial charge in [-0.15, -0.1) is 0 Å². The number of amides is 2. The first-order chi connectivity index (χ1) is 9.10. The monoisotopic (exact) mass is 256 g/mol. The lowest BCUT2D eigenvalue weighted by Gasteiger charge is -2.22. The van der Waals surface area contributed by atoms with E-state index in [4.69, 9.17) is 10.5 Å². The number of nitrogens with zero attached hydrogens (tertiary/aromatic N) is 3. The number of rotatable bonds is 4. The highest BCUT2D eigenvalue weighted by Gasteiger charge is 2.14. The Morgan fingerprint density at radius 1 is 1.37 bits per heavy atom. The van der Waals surface area contributed by atoms with Gasteiger partial charge in [-0.05, 0) is 38.1 Å². The van der Waals surface area contributed by atoms with E-state index in [1.807, 2.05) is 13.0 Å². The van der Waals surface area contributed by atoms with Crippen LogP contribution in [0.2, 0.25) is 0 Å². The molecule has 1 unspecified atom stereocenters. The number of anilines is 1. The van der Waals surface area contributed by atoms with Crippen LogP contribution in [-0.4, -0.2) is 24.0 Å². The lowest BCUT2D eigenvalue weighted by molar-refractivity contribution is 0.210. The predicted molar refractivity (Wildman–Crippen MR) is 72.2 cm³/mol. The van der Waals surface area contributed by atoms with Crippen molar-refractivity contribution in [2.24, 2.45) is 5.92 Å². The molecule has 0 heterocycles. The van der Waals surface area contributed by atoms with E-state index in [0.717, 1.165) is 0 Å². The van der Waals surface area contributed by atoms with E-state index in [-0.39, 0.29) is 11.9 Å². The van der Waals surface area contributed by atoms with Crippen molar-refractivity contribution in [2.45, 2.75) is 13.8 Å². The number of urea groups is 1. The molecule has 5 heteroatoms. The topological polar surface area (TPSA) is 79.9 Å². The molecule has 1 rings (SSSR count). The highest BCUT2D eigenvalue weighted by Crippen LogP contribution is 2.10. The van der Waals surface area contributed by atoms with E-state index >= 15 is 0 Å². The quantitative estimate of drug-likeness (QED) is 0.899. The van der Waals surface area contributed by atoms with Gasteiger partial charge in [0.1, 0.15) is 0 Å². The molecule has 1 aromatic rings. The van der Waals surface area contributed by atoms with Gasteiger partial charge >= 0.3 is 6.03 Å². The van der Waals surface area contributed by atoms with Gasteiger partial charge in [0.2, 0.25) is 0 Å². The van der Waals surface area contributed by atoms with Crippen LogP contribution in [0.15, 0.2) is 24.3 Å². The summed E-state index contributed by atoms with van der Waals surface area (Å²) in [6, 6.07) is 10.5. The van der Waals surface area contributed by atoms with Crippen LogP contribution < -0.4 is 5.32 Å². The van der Waals surface area contributed by atoms with Gasteiger partial charge in [0.25, 0.3) is 0 Å². The standard InChI is InChI=1S/C14H16N4O/c1-3-18(10-11(2)8-15)14(19)17-13-6-4-12(9-16)5-7-13/h4-7,11H,3,10H2,1-2H3,(H,17,19). The fourth-order valence-electron chi connectivity index (χ4n) is 1.56. The van der Waals surface area contributed by atoms with E-state index in [1.54, 1.807) is 36.1 Å². The Labute approximate surface area is 113 Å². The van der Waals surface area contributed by atoms with E-state index < -0.39 is 0 Å². The minimum Gasteiger partial charge on any atom is -0.324 e. The van der Waals surface area contributed by atoms with Gasteiger partial charge in [-0.1, -0.05) is 0 Å². The third kappa shape index (κ3) is 4.33. The molecule has 0 bridgehead atoms. The Hall–Kier alpha value is -2.53. The SMILES string of the molecule is CCN(CC(C)C#N)C(=O)Nc1ccc(C#N)cc1. The molecule has 0 saturated heterocycles. The van der Waals surface area contributed by atoms with Crippen molar-refractivity contribution >= 4 is 11.7 Å². The van der Waals surface area contributed by atoms with Gasteiger partial charge in [0, 0.05) is 18.8 Å². The molecule has 0 radical (unpaired) electrons. The van der Waals surface area contributed by atoms with Crippen LogP contribution in [0.3, 0.4) is 0 Å². The highest BCUT2D eigenvalue weighted by molar-refractivity contribution is 5.89. The lowest BCUT2D eigenvalue weighted by Crippen LogP contribution is -2.37. The third-order valence-electron chi connectivity index (χ3n) is 2.65. The Morgan fingerprint density at radius 3 is 2.47 bits per heavy atom. The fourth-order valence-corrected chi connectivity index (χ4v) is 1.56. The van der Waals surface area contributed by atoms with Gasteiger partial charge in [-0.25, -0.2) is 4.79 Å². The average Bonchev–Trinajstić information content (AvgIpc) is 2.45. The highest BCUT2D eigenvalue weighted by atomic mass is 16.2. The smallest absolute Gasteiger partial charge is 0.321 e. The van der Waals surface area contributed by atoms with Crippen molar-refractivity contribution in [3.8, 4) is 12.1 Å². The predicted octanol–water partition coefficient (Wildman–Crippen LogP) is 2.57. The van der Waals surface area contributed by atoms with Crippen LogP contribution in [-0.2, 0) is 0 Å². The van der Waals surface area contributed by atoms with Crippen LogP contribution in [0.25, 0.3) is 0 Å². The number of benzene rings is 1. The van der Waals surface area contributed by atoms with E-state index in [1.165, 1.54) is 0 Å². The number of hydrogen-bond acceptors (Lipinski definition) is 3. The number of hydrogen-bond donors (Lipinski definition) is 1. The van der Waals surface area contributed by atoms with Gasteiger partial charge < -0.3 is 10.2 Å². The minimum absolute atomic E-state index is 0.202. The van der Waals surface area contributed by atoms with Gasteiger partial charge in [-0.2, -0.15) is 10.5 Å². The number of nitrogens with one attached hydrogen (secondary N) is 1. The molecule has 0 spiro atoms. The summed E-state index contributed by atoms with van der Waals surface area (Å²) in [4.78, 5) is 13.6. The lowest BCUT2D eigenvalue weighted by atomic mass is 10.2. The Bertz CT molecular complexity index is 510. The van der Waals surface area contributed by atoms with Crippen molar-refractivity contribution in [1.82, 2.24) is 4.90 Å². The molecule has 19 heavy (non-hydrogen) atoms. The van der Waals surface area contributed by atoms with Gasteiger partial charge in [-0.3, -0.25) is 0 Å². The molecule has 0 fully saturated rings. The average molecular weight is 256 g/mol. The fraction of sp³-hybridized carbons (Fsp3) is 0.357. The molecular weight excluding hydrogens is 240 g/mol. The molecule has 2 amide bonds. The van der Waals surface area contributed by atoms with Crippen LogP contribution in [0, 0.1) is 28.6 Å². The maximum Gasteiger partial charge on any atom is 0.321 e. The molecule has 1 atom stereocenters. The molecule has 0 aromatic heterocycles. The van der Waals surface area contributed by atoms with Crippen molar-refractivity contribution in [3.05, 3.63) is 29.8 Å². The van der Waals surface area contributed by atoms with Crippen molar-refractivity contribution in [2.75, 3.05) is 18.4 Å². The summed E-state index contributed by atoms with van der Waals surface area (Å²) in [5, 5.41) is 20.2. The Morgan fingerprint density at radius 2 is 2.00 bits per heavy atom. The summed E-state index contributed by atoms with van der Waals surface area (Å²) in [5.74, 6) is -0.202. The van der Waals surface area contributed by atoms with Crippen molar-refractivity contribution in [1.29, 1.82) is 10.5 Å². The normalized spacial score (nSPS) is 10.9. The van der Waals surface area contributed by atoms with Crippen LogP contribution in [0.4, 0.5) is 10.5 Å². The summed E-state index contributed by atoms with van der Waals surface area (Å²) in [5.41, 5.74) is 1.18. The second-order valence-corrected chi connectivity index (χ2v) is 4.19. The van der Waals surface area contributed by atoms with E-state index in [2.05, 4.69) is 11.4 Å². The maximum atomic E-state index is 12.0. The largest absolute Gasteiger partial charge is 0.324 e. The zero-order valence-corrected chi connectivity index (χ0v) is 11.1. The summed E-state index contributed by atoms with van der Waals surface area (Å²) in [6.45, 7) is 4.57.